The van der Waals surface area contributed by atoms with E-state index in [0.717, 1.165) is 0 Å². The number of carboxylic acid groups (broad SMARTS) is 3. The van der Waals surface area contributed by atoms with Gasteiger partial charge < -0.3 is 85.5 Å². The zero-order valence-corrected chi connectivity index (χ0v) is 49.9. The van der Waals surface area contributed by atoms with Crippen LogP contribution in [0.25, 0.3) is 0 Å². The first-order valence-electron chi connectivity index (χ1n) is 27.3. The van der Waals surface area contributed by atoms with Crippen LogP contribution >= 0.6 is 23.5 Å². The number of unbranched alkanes of at least 4 members (excludes halogenated alkanes) is 1. The molecule has 1 aromatic carbocycles. The van der Waals surface area contributed by atoms with E-state index in [4.69, 9.17) is 17.2 Å². The standard InChI is InChI=1S/C53H86N12O17S2/c1-28(2)22-35(48(76)63-37(25-42(68)69)50(78)59-34(18-21-84-6)46(74)58-32(15-16-41(56)67)45(73)64-39(53(81)82)23-29(3)4)60-49(77)36(24-30-12-8-7-9-13-30)61-52(80)40(27-66)65-51(79)38(26-43(70)71)62-47(75)33(17-20-83-5)57-44(72)31(55)14-10-11-19-54/h7-9,12-13,28-29,31-40,66H,10-11,14-27,54-55H2,1-6H3,(H2,56,67)(H,57,72)(H,58,74)(H,59,78)(H,60,77)(H,61,80)(H,62,75)(H,63,76)(H,64,73)(H,65,79)(H,68,69)(H,70,71)(H,81,82)/t31-,32-,33-,34-,35-,36-,37-,38-,39-,40-/m0/s1. The van der Waals surface area contributed by atoms with Crippen molar-refractivity contribution in [3.05, 3.63) is 35.9 Å². The first-order chi connectivity index (χ1) is 39.6. The maximum absolute atomic E-state index is 14.3. The topological polar surface area (TPSA) is 489 Å². The molecule has 0 aliphatic heterocycles. The largest absolute Gasteiger partial charge is 0.481 e. The molecule has 0 aliphatic carbocycles. The lowest BCUT2D eigenvalue weighted by atomic mass is 10.00. The summed E-state index contributed by atoms with van der Waals surface area (Å²) in [6.45, 7) is 6.04. The summed E-state index contributed by atoms with van der Waals surface area (Å²) >= 11 is 2.59. The minimum absolute atomic E-state index is 0.0162. The number of primary amides is 1. The first kappa shape index (κ1) is 74.9. The van der Waals surface area contributed by atoms with Crippen LogP contribution in [0.15, 0.2) is 30.3 Å². The molecular formula is C53H86N12O17S2. The van der Waals surface area contributed by atoms with Gasteiger partial charge in [-0.15, -0.1) is 0 Å². The summed E-state index contributed by atoms with van der Waals surface area (Å²) in [6.07, 6.45) is 1.48. The number of benzene rings is 1. The van der Waals surface area contributed by atoms with Gasteiger partial charge in [-0.1, -0.05) is 64.4 Å². The van der Waals surface area contributed by atoms with Gasteiger partial charge in [-0.05, 0) is 92.9 Å². The third-order valence-corrected chi connectivity index (χ3v) is 13.8. The van der Waals surface area contributed by atoms with Gasteiger partial charge in [-0.3, -0.25) is 57.5 Å². The zero-order valence-electron chi connectivity index (χ0n) is 48.3. The number of aliphatic carboxylic acids is 3. The second kappa shape index (κ2) is 40.2. The molecule has 0 heterocycles. The van der Waals surface area contributed by atoms with Gasteiger partial charge in [0.2, 0.25) is 59.1 Å². The summed E-state index contributed by atoms with van der Waals surface area (Å²) in [6, 6.07) is -7.39. The molecule has 0 bridgehead atoms. The molecule has 0 aromatic heterocycles. The number of thioether (sulfide) groups is 2. The lowest BCUT2D eigenvalue weighted by Crippen LogP contribution is -2.61. The Morgan fingerprint density at radius 2 is 0.845 bits per heavy atom. The number of carbonyl (C=O) groups excluding carboxylic acids is 10. The summed E-state index contributed by atoms with van der Waals surface area (Å²) in [4.78, 5) is 172. The van der Waals surface area contributed by atoms with Crippen molar-refractivity contribution in [1.29, 1.82) is 0 Å². The van der Waals surface area contributed by atoms with E-state index < -0.39 is 163 Å². The number of carbonyl (C=O) groups is 13. The second-order valence-corrected chi connectivity index (χ2v) is 22.6. The van der Waals surface area contributed by atoms with E-state index in [-0.39, 0.29) is 62.5 Å². The molecule has 0 aliphatic rings. The van der Waals surface area contributed by atoms with Crippen molar-refractivity contribution in [2.24, 2.45) is 29.0 Å². The number of aliphatic hydroxyl groups excluding tert-OH is 1. The van der Waals surface area contributed by atoms with Crippen LogP contribution in [-0.4, -0.2) is 195 Å². The maximum atomic E-state index is 14.3. The Kier molecular flexibility index (Phi) is 35.9. The summed E-state index contributed by atoms with van der Waals surface area (Å²) in [5.74, 6) is -14.6. The monoisotopic (exact) mass is 1230 g/mol. The van der Waals surface area contributed by atoms with Gasteiger partial charge in [0.1, 0.15) is 54.4 Å². The highest BCUT2D eigenvalue weighted by Crippen LogP contribution is 2.13. The molecule has 1 aromatic rings. The number of hydrogen-bond donors (Lipinski definition) is 16. The smallest absolute Gasteiger partial charge is 0.326 e. The Morgan fingerprint density at radius 3 is 1.27 bits per heavy atom. The van der Waals surface area contributed by atoms with Crippen LogP contribution in [0.5, 0.6) is 0 Å². The molecule has 0 fully saturated rings. The van der Waals surface area contributed by atoms with Gasteiger partial charge in [0, 0.05) is 12.8 Å². The van der Waals surface area contributed by atoms with Crippen LogP contribution < -0.4 is 65.1 Å². The molecule has 1 rings (SSSR count). The molecule has 0 unspecified atom stereocenters. The highest BCUT2D eigenvalue weighted by atomic mass is 32.2. The van der Waals surface area contributed by atoms with Gasteiger partial charge in [0.05, 0.1) is 25.5 Å². The Labute approximate surface area is 496 Å². The Morgan fingerprint density at radius 1 is 0.476 bits per heavy atom. The molecule has 84 heavy (non-hydrogen) atoms. The number of carboxylic acids is 3. The summed E-state index contributed by atoms with van der Waals surface area (Å²) < 4.78 is 0. The van der Waals surface area contributed by atoms with E-state index in [2.05, 4.69) is 47.9 Å². The van der Waals surface area contributed by atoms with Gasteiger partial charge >= 0.3 is 17.9 Å². The van der Waals surface area contributed by atoms with Gasteiger partial charge in [-0.25, -0.2) is 4.79 Å². The van der Waals surface area contributed by atoms with Crippen molar-refractivity contribution in [2.75, 3.05) is 37.2 Å². The van der Waals surface area contributed by atoms with E-state index in [0.29, 0.717) is 30.7 Å². The number of nitrogens with two attached hydrogens (primary N) is 3. The van der Waals surface area contributed by atoms with E-state index in [1.54, 1.807) is 70.5 Å². The normalized spacial score (nSPS) is 14.7. The Hall–Kier alpha value is -7.09. The molecule has 10 amide bonds. The third-order valence-electron chi connectivity index (χ3n) is 12.5. The number of nitrogens with one attached hydrogen (secondary N) is 9. The average molecular weight is 1230 g/mol. The van der Waals surface area contributed by atoms with Crippen LogP contribution in [0.4, 0.5) is 0 Å². The van der Waals surface area contributed by atoms with Crippen molar-refractivity contribution >= 4 is 101 Å². The predicted octanol–water partition coefficient (Wildman–Crippen LogP) is -3.06. The predicted molar refractivity (Wildman–Crippen MR) is 311 cm³/mol. The molecule has 0 radical (unpaired) electrons. The van der Waals surface area contributed by atoms with E-state index in [1.165, 1.54) is 23.5 Å². The number of hydrogen-bond acceptors (Lipinski definition) is 18. The maximum Gasteiger partial charge on any atom is 0.326 e. The lowest BCUT2D eigenvalue weighted by Gasteiger charge is -2.28. The molecule has 0 saturated heterocycles. The number of rotatable bonds is 43. The molecule has 19 N–H and O–H groups in total. The zero-order chi connectivity index (χ0) is 63.6. The number of amides is 10. The minimum Gasteiger partial charge on any atom is -0.481 e. The fourth-order valence-corrected chi connectivity index (χ4v) is 9.02. The Bertz CT molecular complexity index is 2370. The van der Waals surface area contributed by atoms with E-state index >= 15 is 0 Å². The minimum atomic E-state index is -1.91. The average Bonchev–Trinajstić information content (AvgIpc) is 3.60. The van der Waals surface area contributed by atoms with Crippen LogP contribution in [0, 0.1) is 11.8 Å². The van der Waals surface area contributed by atoms with Crippen molar-refractivity contribution in [3.8, 4) is 0 Å². The van der Waals surface area contributed by atoms with Crippen molar-refractivity contribution in [1.82, 2.24) is 47.9 Å². The van der Waals surface area contributed by atoms with Gasteiger partial charge in [-0.2, -0.15) is 23.5 Å². The van der Waals surface area contributed by atoms with Crippen LogP contribution in [0.1, 0.15) is 104 Å². The number of aliphatic hydroxyl groups is 1. The van der Waals surface area contributed by atoms with Gasteiger partial charge in [0.15, 0.2) is 0 Å². The molecule has 29 nitrogen and oxygen atoms in total. The van der Waals surface area contributed by atoms with Crippen molar-refractivity contribution in [2.45, 2.75) is 165 Å². The summed E-state index contributed by atoms with van der Waals surface area (Å²) in [5, 5.41) is 61.3. The first-order valence-corrected chi connectivity index (χ1v) is 30.1. The summed E-state index contributed by atoms with van der Waals surface area (Å²) in [7, 11) is 0. The SMILES string of the molecule is CSCC[C@H](NC(=O)[C@H](CC(=O)O)NC(=O)[C@H](CC(C)C)NC(=O)[C@H](Cc1ccccc1)NC(=O)[C@H](CO)NC(=O)[C@H](CC(=O)O)NC(=O)[C@H](CCSC)NC(=O)[C@@H](N)CCCCN)C(=O)N[C@@H](CCC(N)=O)C(=O)N[C@@H](CC(C)C)C(=O)O. The lowest BCUT2D eigenvalue weighted by molar-refractivity contribution is -0.143. The van der Waals surface area contributed by atoms with Gasteiger partial charge in [0.25, 0.3) is 0 Å². The fourth-order valence-electron chi connectivity index (χ4n) is 8.08. The van der Waals surface area contributed by atoms with E-state index in [1.807, 2.05) is 0 Å². The fraction of sp³-hybridized carbons (Fsp3) is 0.642. The molecule has 31 heteroatoms. The summed E-state index contributed by atoms with van der Waals surface area (Å²) in [5.41, 5.74) is 17.3. The highest BCUT2D eigenvalue weighted by molar-refractivity contribution is 7.98. The van der Waals surface area contributed by atoms with Crippen molar-refractivity contribution in [3.63, 3.8) is 0 Å². The Balaban J connectivity index is 3.55. The highest BCUT2D eigenvalue weighted by Gasteiger charge is 2.37. The van der Waals surface area contributed by atoms with E-state index in [9.17, 15) is 82.8 Å². The van der Waals surface area contributed by atoms with Crippen molar-refractivity contribution < 1.29 is 82.8 Å². The van der Waals surface area contributed by atoms with Crippen LogP contribution in [0.2, 0.25) is 0 Å². The van der Waals surface area contributed by atoms with Crippen LogP contribution in [0.3, 0.4) is 0 Å². The molecule has 0 spiro atoms. The molecule has 0 saturated carbocycles. The second-order valence-electron chi connectivity index (χ2n) is 20.7. The quantitative estimate of drug-likeness (QED) is 0.0289. The molecular weight excluding hydrogens is 1140 g/mol. The molecule has 10 atom stereocenters. The van der Waals surface area contributed by atoms with Crippen LogP contribution in [-0.2, 0) is 68.7 Å². The third kappa shape index (κ3) is 29.9. The molecule has 472 valence electrons.